The summed E-state index contributed by atoms with van der Waals surface area (Å²) in [5, 5.41) is 13.0. The van der Waals surface area contributed by atoms with Crippen LogP contribution in [0, 0.1) is 0 Å². The average Bonchev–Trinajstić information content (AvgIpc) is 3.47. The Hall–Kier alpha value is -2.96. The van der Waals surface area contributed by atoms with Crippen molar-refractivity contribution in [2.45, 2.75) is 77.4 Å². The Balaban J connectivity index is 1.31. The summed E-state index contributed by atoms with van der Waals surface area (Å²) in [6.07, 6.45) is 7.72. The van der Waals surface area contributed by atoms with E-state index in [1.807, 2.05) is 22.9 Å². The second-order valence-electron chi connectivity index (χ2n) is 8.89. The molecule has 7 nitrogen and oxygen atoms in total. The van der Waals surface area contributed by atoms with Crippen molar-refractivity contribution >= 4 is 22.6 Å². The molecule has 1 aromatic carbocycles. The molecule has 0 saturated heterocycles. The summed E-state index contributed by atoms with van der Waals surface area (Å²) < 4.78 is 4.22. The van der Waals surface area contributed by atoms with Crippen LogP contribution in [0.5, 0.6) is 0 Å². The fraction of sp³-hybridized carbons (Fsp3) is 0.500. The summed E-state index contributed by atoms with van der Waals surface area (Å²) in [5.74, 6) is 2.77. The van der Waals surface area contributed by atoms with Gasteiger partial charge in [-0.25, -0.2) is 0 Å². The second-order valence-corrected chi connectivity index (χ2v) is 8.89. The zero-order chi connectivity index (χ0) is 21.5. The molecule has 1 saturated carbocycles. The fourth-order valence-corrected chi connectivity index (χ4v) is 4.85. The van der Waals surface area contributed by atoms with Gasteiger partial charge in [-0.3, -0.25) is 9.59 Å². The summed E-state index contributed by atoms with van der Waals surface area (Å²) in [4.78, 5) is 25.1. The minimum absolute atomic E-state index is 0.0111. The first-order valence-corrected chi connectivity index (χ1v) is 11.4. The summed E-state index contributed by atoms with van der Waals surface area (Å²) in [6, 6.07) is 6.15. The Morgan fingerprint density at radius 3 is 2.74 bits per heavy atom. The molecule has 1 aliphatic heterocycles. The summed E-state index contributed by atoms with van der Waals surface area (Å²) in [7, 11) is 0. The Bertz CT molecular complexity index is 1150. The van der Waals surface area contributed by atoms with E-state index in [0.717, 1.165) is 60.3 Å². The number of hydrogen-bond acceptors (Lipinski definition) is 4. The molecule has 1 N–H and O–H groups in total. The number of ketones is 1. The number of fused-ring (bicyclic) bond motifs is 2. The second kappa shape index (κ2) is 7.94. The van der Waals surface area contributed by atoms with E-state index in [9.17, 15) is 9.59 Å². The zero-order valence-corrected chi connectivity index (χ0v) is 18.2. The molecule has 1 amide bonds. The predicted octanol–water partition coefficient (Wildman–Crippen LogP) is 3.40. The van der Waals surface area contributed by atoms with Crippen LogP contribution in [-0.2, 0) is 30.7 Å². The molecule has 1 unspecified atom stereocenters. The van der Waals surface area contributed by atoms with E-state index in [4.69, 9.17) is 0 Å². The van der Waals surface area contributed by atoms with Gasteiger partial charge in [-0.15, -0.1) is 10.2 Å². The highest BCUT2D eigenvalue weighted by Gasteiger charge is 2.31. The van der Waals surface area contributed by atoms with Crippen LogP contribution in [0.1, 0.15) is 73.0 Å². The number of aryl methyl sites for hydroxylation is 2. The Morgan fingerprint density at radius 2 is 2.00 bits per heavy atom. The van der Waals surface area contributed by atoms with Crippen LogP contribution in [0.15, 0.2) is 24.4 Å². The standard InChI is InChI=1S/C24H29N5O2/c1-3-16-5-4-6-19-20(15(2)30)13-28(23(16)19)14-22(31)25-18-9-10-21-26-27-24(17-7-8-17)29(21)12-11-18/h4-6,13,17-18H,3,7-12,14H2,1-2H3,(H,25,31). The fourth-order valence-electron chi connectivity index (χ4n) is 4.85. The van der Waals surface area contributed by atoms with E-state index in [1.165, 1.54) is 12.8 Å². The number of carbonyl (C=O) groups excluding carboxylic acids is 2. The van der Waals surface area contributed by atoms with Crippen LogP contribution >= 0.6 is 0 Å². The van der Waals surface area contributed by atoms with Gasteiger partial charge in [0.2, 0.25) is 5.91 Å². The van der Waals surface area contributed by atoms with Gasteiger partial charge in [-0.2, -0.15) is 0 Å². The molecule has 3 heterocycles. The summed E-state index contributed by atoms with van der Waals surface area (Å²) >= 11 is 0. The molecule has 3 aromatic rings. The first kappa shape index (κ1) is 20.0. The number of amides is 1. The van der Waals surface area contributed by atoms with Gasteiger partial charge in [0.25, 0.3) is 0 Å². The molecular formula is C24H29N5O2. The molecule has 1 aliphatic carbocycles. The normalized spacial score (nSPS) is 18.6. The number of para-hydroxylation sites is 1. The molecule has 5 rings (SSSR count). The molecule has 162 valence electrons. The number of Topliss-reactive ketones (excluding diaryl/α,β-unsaturated/α-hetero) is 1. The van der Waals surface area contributed by atoms with Gasteiger partial charge >= 0.3 is 0 Å². The summed E-state index contributed by atoms with van der Waals surface area (Å²) in [5.41, 5.74) is 2.82. The monoisotopic (exact) mass is 419 g/mol. The van der Waals surface area contributed by atoms with Crippen molar-refractivity contribution in [2.75, 3.05) is 0 Å². The molecule has 7 heteroatoms. The van der Waals surface area contributed by atoms with Crippen LogP contribution in [-0.4, -0.2) is 37.1 Å². The number of benzene rings is 1. The van der Waals surface area contributed by atoms with Gasteiger partial charge in [-0.1, -0.05) is 25.1 Å². The molecule has 0 bridgehead atoms. The molecule has 2 aromatic heterocycles. The lowest BCUT2D eigenvalue weighted by Crippen LogP contribution is -2.37. The SMILES string of the molecule is CCc1cccc2c(C(C)=O)cn(CC(=O)NC3CCc4nnc(C5CC5)n4CC3)c12. The number of nitrogens with one attached hydrogen (secondary N) is 1. The smallest absolute Gasteiger partial charge is 0.240 e. The van der Waals surface area contributed by atoms with Crippen LogP contribution in [0.3, 0.4) is 0 Å². The molecule has 1 fully saturated rings. The lowest BCUT2D eigenvalue weighted by Gasteiger charge is -2.17. The third-order valence-electron chi connectivity index (χ3n) is 6.64. The Labute approximate surface area is 181 Å². The van der Waals surface area contributed by atoms with E-state index in [-0.39, 0.29) is 24.3 Å². The molecule has 2 aliphatic rings. The number of carbonyl (C=O) groups is 2. The highest BCUT2D eigenvalue weighted by Crippen LogP contribution is 2.39. The molecule has 0 radical (unpaired) electrons. The van der Waals surface area contributed by atoms with E-state index < -0.39 is 0 Å². The van der Waals surface area contributed by atoms with Gasteiger partial charge in [-0.05, 0) is 44.6 Å². The van der Waals surface area contributed by atoms with E-state index >= 15 is 0 Å². The van der Waals surface area contributed by atoms with Gasteiger partial charge in [0.15, 0.2) is 5.78 Å². The Morgan fingerprint density at radius 1 is 1.16 bits per heavy atom. The third kappa shape index (κ3) is 3.77. The van der Waals surface area contributed by atoms with E-state index in [2.05, 4.69) is 33.1 Å². The number of hydrogen-bond donors (Lipinski definition) is 1. The van der Waals surface area contributed by atoms with Gasteiger partial charge in [0, 0.05) is 42.1 Å². The number of aromatic nitrogens is 4. The van der Waals surface area contributed by atoms with Crippen molar-refractivity contribution in [2.24, 2.45) is 0 Å². The summed E-state index contributed by atoms with van der Waals surface area (Å²) in [6.45, 7) is 4.76. The number of rotatable bonds is 6. The maximum Gasteiger partial charge on any atom is 0.240 e. The molecule has 0 spiro atoms. The first-order chi connectivity index (χ1) is 15.0. The Kier molecular flexibility index (Phi) is 5.12. The minimum atomic E-state index is -0.0111. The zero-order valence-electron chi connectivity index (χ0n) is 18.2. The topological polar surface area (TPSA) is 81.8 Å². The highest BCUT2D eigenvalue weighted by molar-refractivity contribution is 6.07. The lowest BCUT2D eigenvalue weighted by molar-refractivity contribution is -0.122. The average molecular weight is 420 g/mol. The predicted molar refractivity (Wildman–Crippen MR) is 118 cm³/mol. The largest absolute Gasteiger partial charge is 0.352 e. The van der Waals surface area contributed by atoms with Gasteiger partial charge in [0.05, 0.1) is 5.52 Å². The van der Waals surface area contributed by atoms with Crippen molar-refractivity contribution in [3.63, 3.8) is 0 Å². The van der Waals surface area contributed by atoms with Crippen molar-refractivity contribution < 1.29 is 9.59 Å². The van der Waals surface area contributed by atoms with Crippen LogP contribution < -0.4 is 5.32 Å². The molecule has 1 atom stereocenters. The molecule has 31 heavy (non-hydrogen) atoms. The molecular weight excluding hydrogens is 390 g/mol. The van der Waals surface area contributed by atoms with Gasteiger partial charge in [0.1, 0.15) is 18.2 Å². The van der Waals surface area contributed by atoms with Crippen molar-refractivity contribution in [1.29, 1.82) is 0 Å². The maximum absolute atomic E-state index is 13.0. The van der Waals surface area contributed by atoms with Crippen LogP contribution in [0.2, 0.25) is 0 Å². The minimum Gasteiger partial charge on any atom is -0.352 e. The number of nitrogens with zero attached hydrogens (tertiary/aromatic N) is 4. The lowest BCUT2D eigenvalue weighted by atomic mass is 10.1. The van der Waals surface area contributed by atoms with Gasteiger partial charge < -0.3 is 14.5 Å². The quantitative estimate of drug-likeness (QED) is 0.621. The van der Waals surface area contributed by atoms with E-state index in [0.29, 0.717) is 11.5 Å². The highest BCUT2D eigenvalue weighted by atomic mass is 16.2. The van der Waals surface area contributed by atoms with E-state index in [1.54, 1.807) is 6.92 Å². The van der Waals surface area contributed by atoms with Crippen LogP contribution in [0.4, 0.5) is 0 Å². The first-order valence-electron chi connectivity index (χ1n) is 11.4. The van der Waals surface area contributed by atoms with Crippen molar-refractivity contribution in [1.82, 2.24) is 24.6 Å². The van der Waals surface area contributed by atoms with Crippen molar-refractivity contribution in [3.8, 4) is 0 Å². The van der Waals surface area contributed by atoms with Crippen LogP contribution in [0.25, 0.3) is 10.9 Å². The maximum atomic E-state index is 13.0. The van der Waals surface area contributed by atoms with Crippen molar-refractivity contribution in [3.05, 3.63) is 47.2 Å². The third-order valence-corrected chi connectivity index (χ3v) is 6.64.